The van der Waals surface area contributed by atoms with Crippen molar-refractivity contribution in [1.29, 1.82) is 0 Å². The molecule has 1 aliphatic rings. The van der Waals surface area contributed by atoms with Gasteiger partial charge in [0.1, 0.15) is 0 Å². The van der Waals surface area contributed by atoms with Gasteiger partial charge in [-0.05, 0) is 0 Å². The second kappa shape index (κ2) is 3.94. The zero-order chi connectivity index (χ0) is 8.93. The minimum absolute atomic E-state index is 0.685. The van der Waals surface area contributed by atoms with E-state index in [4.69, 9.17) is 0 Å². The fourth-order valence-corrected chi connectivity index (χ4v) is 1.23. The van der Waals surface area contributed by atoms with Crippen molar-refractivity contribution in [1.82, 2.24) is 0 Å². The van der Waals surface area contributed by atoms with Gasteiger partial charge < -0.3 is 0 Å². The zero-order valence-electron chi connectivity index (χ0n) is 7.30. The molecule has 0 spiro atoms. The van der Waals surface area contributed by atoms with Crippen LogP contribution in [0.1, 0.15) is 0 Å². The first-order chi connectivity index (χ1) is 6.47. The van der Waals surface area contributed by atoms with Crippen LogP contribution in [0.4, 0.5) is 0 Å². The summed E-state index contributed by atoms with van der Waals surface area (Å²) in [4.78, 5) is 4.24. The van der Waals surface area contributed by atoms with Crippen LogP contribution in [0, 0.1) is 0 Å². The average Bonchev–Trinajstić information content (AvgIpc) is 2.28. The first kappa shape index (κ1) is 8.11. The molecule has 0 unspecified atom stereocenters. The Kier molecular flexibility index (Phi) is 2.46. The van der Waals surface area contributed by atoms with Crippen LogP contribution in [0.3, 0.4) is 0 Å². The summed E-state index contributed by atoms with van der Waals surface area (Å²) in [6.07, 6.45) is 7.76. The Morgan fingerprint density at radius 1 is 1.31 bits per heavy atom. The molecule has 0 atom stereocenters. The molecule has 0 saturated heterocycles. The van der Waals surface area contributed by atoms with Crippen molar-refractivity contribution in [2.24, 2.45) is 4.99 Å². The topological polar surface area (TPSA) is 16.2 Å². The monoisotopic (exact) mass is 169 g/mol. The molecule has 0 N–H and O–H groups in total. The Bertz CT molecular complexity index is 380. The van der Waals surface area contributed by atoms with Crippen LogP contribution in [-0.2, 0) is 6.67 Å². The molecule has 0 amide bonds. The average molecular weight is 169 g/mol. The number of aliphatic imine (C=N–C) groups is 1. The van der Waals surface area contributed by atoms with Gasteiger partial charge in [-0.25, -0.2) is 0 Å². The maximum atomic E-state index is 4.24. The molecule has 2 heterocycles. The zero-order valence-corrected chi connectivity index (χ0v) is 7.30. The molecule has 0 aromatic carbocycles. The molecule has 0 aliphatic carbocycles. The van der Waals surface area contributed by atoms with Crippen LogP contribution < -0.4 is 10.2 Å². The number of pyridine rings is 1. The van der Waals surface area contributed by atoms with Gasteiger partial charge in [0.05, 0.1) is 0 Å². The van der Waals surface area contributed by atoms with Crippen molar-refractivity contribution in [3.05, 3.63) is 36.5 Å². The number of hydrogen-bond acceptors (Lipinski definition) is 1. The molecule has 1 aliphatic heterocycles. The molecule has 0 fully saturated rings. The van der Waals surface area contributed by atoms with Crippen molar-refractivity contribution in [2.45, 2.75) is 6.67 Å². The van der Waals surface area contributed by atoms with Gasteiger partial charge in [-0.3, -0.25) is 0 Å². The number of hydrogen-bond donors (Lipinski definition) is 0. The van der Waals surface area contributed by atoms with Crippen molar-refractivity contribution in [3.63, 3.8) is 0 Å². The summed E-state index contributed by atoms with van der Waals surface area (Å²) in [5, 5.41) is 0. The van der Waals surface area contributed by atoms with E-state index in [1.165, 1.54) is 5.59 Å². The Balaban J connectivity index is 2.44. The molecule has 62 valence electrons. The molecule has 2 nitrogen and oxygen atoms in total. The van der Waals surface area contributed by atoms with Gasteiger partial charge in [-0.15, -0.1) is 0 Å². The standard InChI is InChI=1S/C10H10BN2/c1-4-8-13-9-12-7-3-2-6-11-10(13)5-1/h1-8H,9H2/q+1/b3-2-,12-7?. The third-order valence-corrected chi connectivity index (χ3v) is 1.89. The summed E-state index contributed by atoms with van der Waals surface area (Å²) >= 11 is 0. The minimum atomic E-state index is 0.685. The van der Waals surface area contributed by atoms with Crippen LogP contribution in [0.25, 0.3) is 0 Å². The Labute approximate surface area is 78.2 Å². The first-order valence-electron chi connectivity index (χ1n) is 4.28. The van der Waals surface area contributed by atoms with E-state index in [-0.39, 0.29) is 0 Å². The molecule has 0 bridgehead atoms. The summed E-state index contributed by atoms with van der Waals surface area (Å²) < 4.78 is 2.10. The SMILES string of the molecule is B1=C/C=C\C=NC[n+]2ccccc21. The first-order valence-corrected chi connectivity index (χ1v) is 4.28. The number of allylic oxidation sites excluding steroid dienone is 2. The summed E-state index contributed by atoms with van der Waals surface area (Å²) in [5.74, 6) is 2.02. The van der Waals surface area contributed by atoms with E-state index in [1.807, 2.05) is 42.7 Å². The van der Waals surface area contributed by atoms with Gasteiger partial charge in [-0.1, -0.05) is 0 Å². The van der Waals surface area contributed by atoms with Gasteiger partial charge in [0.25, 0.3) is 0 Å². The quantitative estimate of drug-likeness (QED) is 0.374. The second-order valence-electron chi connectivity index (χ2n) is 2.81. The fourth-order valence-electron chi connectivity index (χ4n) is 1.23. The molecule has 3 heteroatoms. The number of fused-ring (bicyclic) bond motifs is 1. The number of rotatable bonds is 0. The molecule has 13 heavy (non-hydrogen) atoms. The summed E-state index contributed by atoms with van der Waals surface area (Å²) in [7, 11) is 0. The fraction of sp³-hybridized carbons (Fsp3) is 0.100. The maximum absolute atomic E-state index is 4.24. The van der Waals surface area contributed by atoms with E-state index >= 15 is 0 Å². The molecular formula is C10H10BN2+. The van der Waals surface area contributed by atoms with Crippen LogP contribution >= 0.6 is 0 Å². The van der Waals surface area contributed by atoms with Crippen molar-refractivity contribution >= 4 is 24.7 Å². The Morgan fingerprint density at radius 2 is 2.31 bits per heavy atom. The molecular weight excluding hydrogens is 159 g/mol. The van der Waals surface area contributed by atoms with Crippen LogP contribution in [-0.4, -0.2) is 19.1 Å². The van der Waals surface area contributed by atoms with Gasteiger partial charge >= 0.3 is 77.5 Å². The van der Waals surface area contributed by atoms with Crippen molar-refractivity contribution in [3.8, 4) is 0 Å². The van der Waals surface area contributed by atoms with Crippen molar-refractivity contribution in [2.75, 3.05) is 0 Å². The Morgan fingerprint density at radius 3 is 3.31 bits per heavy atom. The van der Waals surface area contributed by atoms with Crippen LogP contribution in [0.2, 0.25) is 0 Å². The van der Waals surface area contributed by atoms with E-state index in [2.05, 4.69) is 22.5 Å². The van der Waals surface area contributed by atoms with E-state index in [1.54, 1.807) is 0 Å². The molecule has 0 radical (unpaired) electrons. The summed E-state index contributed by atoms with van der Waals surface area (Å²) in [5.41, 5.74) is 1.17. The molecule has 2 rings (SSSR count). The predicted molar refractivity (Wildman–Crippen MR) is 55.7 cm³/mol. The van der Waals surface area contributed by atoms with E-state index < -0.39 is 0 Å². The second-order valence-corrected chi connectivity index (χ2v) is 2.81. The van der Waals surface area contributed by atoms with E-state index in [0.29, 0.717) is 6.67 Å². The summed E-state index contributed by atoms with van der Waals surface area (Å²) in [6, 6.07) is 6.12. The van der Waals surface area contributed by atoms with E-state index in [9.17, 15) is 0 Å². The number of nitrogens with zero attached hydrogens (tertiary/aromatic N) is 2. The molecule has 0 saturated carbocycles. The number of aromatic nitrogens is 1. The third kappa shape index (κ3) is 1.99. The summed E-state index contributed by atoms with van der Waals surface area (Å²) in [6.45, 7) is 2.76. The predicted octanol–water partition coefficient (Wildman–Crippen LogP) is -0.296. The molecule has 1 aromatic heterocycles. The third-order valence-electron chi connectivity index (χ3n) is 1.89. The Hall–Kier alpha value is -1.51. The van der Waals surface area contributed by atoms with Crippen LogP contribution in [0.5, 0.6) is 0 Å². The van der Waals surface area contributed by atoms with Gasteiger partial charge in [0.2, 0.25) is 0 Å². The molecule has 1 aromatic rings. The van der Waals surface area contributed by atoms with Gasteiger partial charge in [0.15, 0.2) is 0 Å². The van der Waals surface area contributed by atoms with Crippen molar-refractivity contribution < 1.29 is 4.57 Å². The normalized spacial score (nSPS) is 16.3. The van der Waals surface area contributed by atoms with Gasteiger partial charge in [-0.2, -0.15) is 0 Å². The van der Waals surface area contributed by atoms with Crippen LogP contribution in [0.15, 0.2) is 41.5 Å². The van der Waals surface area contributed by atoms with Gasteiger partial charge in [0, 0.05) is 0 Å². The van der Waals surface area contributed by atoms with E-state index in [0.717, 1.165) is 0 Å².